The van der Waals surface area contributed by atoms with E-state index >= 15 is 0 Å². The van der Waals surface area contributed by atoms with E-state index in [1.807, 2.05) is 13.8 Å². The van der Waals surface area contributed by atoms with E-state index in [1.54, 1.807) is 10.4 Å². The third kappa shape index (κ3) is 3.31. The second kappa shape index (κ2) is 6.52. The predicted molar refractivity (Wildman–Crippen MR) is 90.9 cm³/mol. The van der Waals surface area contributed by atoms with E-state index in [0.29, 0.717) is 24.0 Å². The topological polar surface area (TPSA) is 64.4 Å². The van der Waals surface area contributed by atoms with E-state index in [0.717, 1.165) is 42.1 Å². The van der Waals surface area contributed by atoms with Crippen molar-refractivity contribution in [2.45, 2.75) is 44.0 Å². The molecule has 2 fully saturated rings. The summed E-state index contributed by atoms with van der Waals surface area (Å²) in [4.78, 5) is 4.75. The van der Waals surface area contributed by atoms with Crippen LogP contribution in [0, 0.1) is 31.1 Å². The van der Waals surface area contributed by atoms with Crippen molar-refractivity contribution in [2.75, 3.05) is 26.2 Å². The van der Waals surface area contributed by atoms with E-state index in [2.05, 4.69) is 11.0 Å². The Bertz CT molecular complexity index is 712. The number of nitrogens with zero attached hydrogens (tertiary/aromatic N) is 3. The summed E-state index contributed by atoms with van der Waals surface area (Å²) in [5.74, 6) is 0.179. The molecule has 1 aromatic heterocycles. The van der Waals surface area contributed by atoms with Gasteiger partial charge in [-0.3, -0.25) is 4.90 Å². The highest BCUT2D eigenvalue weighted by Gasteiger charge is 2.35. The number of hydrogen-bond acceptors (Lipinski definition) is 5. The average molecular weight is 354 g/mol. The number of hydrogen-bond donors (Lipinski definition) is 0. The fourth-order valence-corrected chi connectivity index (χ4v) is 6.66. The van der Waals surface area contributed by atoms with E-state index in [4.69, 9.17) is 5.26 Å². The van der Waals surface area contributed by atoms with Gasteiger partial charge in [0.05, 0.1) is 11.0 Å². The van der Waals surface area contributed by atoms with Crippen LogP contribution in [0.5, 0.6) is 0 Å². The number of rotatable bonds is 3. The van der Waals surface area contributed by atoms with E-state index in [-0.39, 0.29) is 5.92 Å². The van der Waals surface area contributed by atoms with Crippen molar-refractivity contribution in [1.29, 1.82) is 5.26 Å². The van der Waals surface area contributed by atoms with Crippen molar-refractivity contribution in [1.82, 2.24) is 9.21 Å². The minimum Gasteiger partial charge on any atom is -0.298 e. The van der Waals surface area contributed by atoms with Gasteiger partial charge in [-0.1, -0.05) is 0 Å². The van der Waals surface area contributed by atoms with Crippen molar-refractivity contribution in [3.05, 3.63) is 15.8 Å². The molecule has 0 amide bonds. The molecule has 0 radical (unpaired) electrons. The fourth-order valence-electron chi connectivity index (χ4n) is 3.72. The number of thiophene rings is 1. The highest BCUT2D eigenvalue weighted by molar-refractivity contribution is 7.89. The van der Waals surface area contributed by atoms with Crippen LogP contribution in [0.1, 0.15) is 29.0 Å². The molecular formula is C16H23N3O2S2. The summed E-state index contributed by atoms with van der Waals surface area (Å²) in [5.41, 5.74) is 0. The molecule has 2 heterocycles. The normalized spacial score (nSPS) is 27.2. The molecule has 0 N–H and O–H groups in total. The largest absolute Gasteiger partial charge is 0.298 e. The molecule has 1 aliphatic heterocycles. The fraction of sp³-hybridized carbons (Fsp3) is 0.688. The van der Waals surface area contributed by atoms with Gasteiger partial charge in [-0.25, -0.2) is 8.42 Å². The van der Waals surface area contributed by atoms with Crippen LogP contribution in [-0.2, 0) is 10.0 Å². The van der Waals surface area contributed by atoms with Gasteiger partial charge in [-0.05, 0) is 39.2 Å². The third-order valence-electron chi connectivity index (χ3n) is 4.99. The maximum absolute atomic E-state index is 12.8. The summed E-state index contributed by atoms with van der Waals surface area (Å²) in [6.45, 7) is 6.45. The first kappa shape index (κ1) is 16.9. The van der Waals surface area contributed by atoms with Gasteiger partial charge < -0.3 is 0 Å². The molecule has 126 valence electrons. The smallest absolute Gasteiger partial charge is 0.244 e. The van der Waals surface area contributed by atoms with Gasteiger partial charge in [0, 0.05) is 47.9 Å². The van der Waals surface area contributed by atoms with Gasteiger partial charge in [0.25, 0.3) is 0 Å². The molecule has 1 aromatic rings. The lowest BCUT2D eigenvalue weighted by Gasteiger charge is -2.37. The quantitative estimate of drug-likeness (QED) is 0.837. The predicted octanol–water partition coefficient (Wildman–Crippen LogP) is 2.36. The molecular weight excluding hydrogens is 330 g/mol. The highest BCUT2D eigenvalue weighted by Crippen LogP contribution is 2.31. The van der Waals surface area contributed by atoms with E-state index < -0.39 is 10.0 Å². The van der Waals surface area contributed by atoms with Crippen molar-refractivity contribution in [3.8, 4) is 6.07 Å². The van der Waals surface area contributed by atoms with Gasteiger partial charge >= 0.3 is 0 Å². The number of sulfonamides is 1. The Labute approximate surface area is 142 Å². The molecule has 0 bridgehead atoms. The molecule has 1 saturated carbocycles. The Morgan fingerprint density at radius 2 is 1.91 bits per heavy atom. The van der Waals surface area contributed by atoms with Crippen LogP contribution in [0.4, 0.5) is 0 Å². The van der Waals surface area contributed by atoms with Crippen molar-refractivity contribution < 1.29 is 8.42 Å². The summed E-state index contributed by atoms with van der Waals surface area (Å²) >= 11 is 1.54. The lowest BCUT2D eigenvalue weighted by Crippen LogP contribution is -2.51. The van der Waals surface area contributed by atoms with Crippen LogP contribution in [0.3, 0.4) is 0 Å². The second-order valence-corrected chi connectivity index (χ2v) is 9.88. The number of aryl methyl sites for hydroxylation is 2. The first-order valence-electron chi connectivity index (χ1n) is 8.12. The Morgan fingerprint density at radius 1 is 1.22 bits per heavy atom. The summed E-state index contributed by atoms with van der Waals surface area (Å²) in [5, 5.41) is 9.03. The highest BCUT2D eigenvalue weighted by atomic mass is 32.2. The molecule has 7 heteroatoms. The van der Waals surface area contributed by atoms with Crippen LogP contribution in [0.25, 0.3) is 0 Å². The van der Waals surface area contributed by atoms with E-state index in [9.17, 15) is 8.42 Å². The SMILES string of the molecule is Cc1cc(S(=O)(=O)N2CCN([C@H]3CC[C@@H](C#N)C3)CC2)c(C)s1. The summed E-state index contributed by atoms with van der Waals surface area (Å²) < 4.78 is 27.3. The van der Waals surface area contributed by atoms with Gasteiger partial charge in [0.2, 0.25) is 10.0 Å². The minimum absolute atomic E-state index is 0.179. The van der Waals surface area contributed by atoms with Crippen LogP contribution >= 0.6 is 11.3 Å². The zero-order valence-electron chi connectivity index (χ0n) is 13.7. The zero-order valence-corrected chi connectivity index (χ0v) is 15.3. The number of piperazine rings is 1. The van der Waals surface area contributed by atoms with Crippen molar-refractivity contribution >= 4 is 21.4 Å². The van der Waals surface area contributed by atoms with Gasteiger partial charge in [-0.15, -0.1) is 11.3 Å². The van der Waals surface area contributed by atoms with Gasteiger partial charge in [0.15, 0.2) is 0 Å². The Kier molecular flexibility index (Phi) is 4.79. The van der Waals surface area contributed by atoms with Crippen LogP contribution in [0.2, 0.25) is 0 Å². The minimum atomic E-state index is -3.37. The van der Waals surface area contributed by atoms with Crippen LogP contribution in [0.15, 0.2) is 11.0 Å². The van der Waals surface area contributed by atoms with Gasteiger partial charge in [-0.2, -0.15) is 9.57 Å². The van der Waals surface area contributed by atoms with Crippen LogP contribution in [-0.4, -0.2) is 49.8 Å². The average Bonchev–Trinajstić information content (AvgIpc) is 3.14. The molecule has 0 unspecified atom stereocenters. The van der Waals surface area contributed by atoms with Crippen molar-refractivity contribution in [3.63, 3.8) is 0 Å². The molecule has 2 atom stereocenters. The zero-order chi connectivity index (χ0) is 16.6. The van der Waals surface area contributed by atoms with E-state index in [1.165, 1.54) is 11.3 Å². The Hall–Kier alpha value is -0.940. The lowest BCUT2D eigenvalue weighted by atomic mass is 10.1. The molecule has 2 aliphatic rings. The monoisotopic (exact) mass is 353 g/mol. The molecule has 23 heavy (non-hydrogen) atoms. The summed E-state index contributed by atoms with van der Waals surface area (Å²) in [7, 11) is -3.37. The molecule has 5 nitrogen and oxygen atoms in total. The Balaban J connectivity index is 1.65. The van der Waals surface area contributed by atoms with Gasteiger partial charge in [0.1, 0.15) is 0 Å². The molecule has 3 rings (SSSR count). The first-order valence-corrected chi connectivity index (χ1v) is 10.4. The first-order chi connectivity index (χ1) is 10.9. The second-order valence-electron chi connectivity index (χ2n) is 6.51. The molecule has 1 aliphatic carbocycles. The molecule has 1 saturated heterocycles. The summed E-state index contributed by atoms with van der Waals surface area (Å²) in [6, 6.07) is 4.61. The summed E-state index contributed by atoms with van der Waals surface area (Å²) in [6.07, 6.45) is 2.98. The Morgan fingerprint density at radius 3 is 2.43 bits per heavy atom. The maximum atomic E-state index is 12.8. The van der Waals surface area contributed by atoms with Crippen LogP contribution < -0.4 is 0 Å². The maximum Gasteiger partial charge on any atom is 0.244 e. The standard InChI is InChI=1S/C16H23N3O2S2/c1-12-9-16(13(2)22-12)23(20,21)19-7-5-18(6-8-19)15-4-3-14(10-15)11-17/h9,14-15H,3-8,10H2,1-2H3/t14-,15+/m1/s1. The third-order valence-corrected chi connectivity index (χ3v) is 8.11. The molecule has 0 aromatic carbocycles. The molecule has 0 spiro atoms. The van der Waals surface area contributed by atoms with Crippen molar-refractivity contribution in [2.24, 2.45) is 5.92 Å². The number of nitriles is 1. The lowest BCUT2D eigenvalue weighted by molar-refractivity contribution is 0.137.